The van der Waals surface area contributed by atoms with Gasteiger partial charge in [-0.25, -0.2) is 0 Å². The molecule has 1 heterocycles. The molecule has 1 aromatic carbocycles. The Balaban J connectivity index is 0.000000606. The monoisotopic (exact) mass is 231 g/mol. The molecule has 1 nitrogen and oxygen atoms in total. The summed E-state index contributed by atoms with van der Waals surface area (Å²) in [5.41, 5.74) is 3.42. The summed E-state index contributed by atoms with van der Waals surface area (Å²) in [6.45, 7) is 11.6. The van der Waals surface area contributed by atoms with Crippen LogP contribution in [0.2, 0.25) is 0 Å². The largest absolute Gasteiger partial charge is 0.325 e. The number of nitrogens with zero attached hydrogens (tertiary/aromatic N) is 1. The summed E-state index contributed by atoms with van der Waals surface area (Å²) in [6.07, 6.45) is 3.73. The molecule has 2 heteroatoms. The Morgan fingerprint density at radius 2 is 1.75 bits per heavy atom. The van der Waals surface area contributed by atoms with Gasteiger partial charge in [0.2, 0.25) is 0 Å². The van der Waals surface area contributed by atoms with Gasteiger partial charge in [0.15, 0.2) is 0 Å². The van der Waals surface area contributed by atoms with Crippen molar-refractivity contribution < 1.29 is 0 Å². The van der Waals surface area contributed by atoms with Crippen LogP contribution < -0.4 is 0 Å². The lowest BCUT2D eigenvalue weighted by molar-refractivity contribution is 1.31. The molecule has 0 N–H and O–H groups in total. The molecule has 1 aromatic heterocycles. The summed E-state index contributed by atoms with van der Waals surface area (Å²) in [6, 6.07) is 8.25. The molecule has 0 fully saturated rings. The number of hydrogen-bond acceptors (Lipinski definition) is 0. The van der Waals surface area contributed by atoms with Crippen LogP contribution in [0.4, 0.5) is 0 Å². The molecule has 16 heavy (non-hydrogen) atoms. The lowest BCUT2D eigenvalue weighted by Gasteiger charge is -1.97. The van der Waals surface area contributed by atoms with E-state index >= 15 is 0 Å². The molecule has 1 unspecified atom stereocenters. The number of fused-ring (bicyclic) bond motifs is 1. The zero-order valence-electron chi connectivity index (χ0n) is 9.90. The average Bonchev–Trinajstić information content (AvgIpc) is 2.64. The fourth-order valence-electron chi connectivity index (χ4n) is 1.73. The van der Waals surface area contributed by atoms with Crippen molar-refractivity contribution in [3.63, 3.8) is 0 Å². The number of rotatable bonds is 2. The van der Waals surface area contributed by atoms with E-state index in [1.807, 2.05) is 38.1 Å². The third-order valence-electron chi connectivity index (χ3n) is 2.39. The summed E-state index contributed by atoms with van der Waals surface area (Å²) in [7, 11) is 2.69. The first-order chi connectivity index (χ1) is 7.79. The third-order valence-corrected chi connectivity index (χ3v) is 2.94. The van der Waals surface area contributed by atoms with Gasteiger partial charge >= 0.3 is 0 Å². The zero-order chi connectivity index (χ0) is 12.1. The van der Waals surface area contributed by atoms with Gasteiger partial charge in [0.05, 0.1) is 11.2 Å². The molecule has 1 atom stereocenters. The fraction of sp³-hybridized carbons (Fsp3) is 0.143. The molecule has 0 spiro atoms. The molecule has 0 saturated heterocycles. The highest BCUT2D eigenvalue weighted by Gasteiger charge is 2.08. The second-order valence-corrected chi connectivity index (χ2v) is 3.61. The quantitative estimate of drug-likeness (QED) is 0.666. The second kappa shape index (κ2) is 5.67. The van der Waals surface area contributed by atoms with Gasteiger partial charge in [0, 0.05) is 10.9 Å². The maximum absolute atomic E-state index is 3.83. The predicted octanol–water partition coefficient (Wildman–Crippen LogP) is 4.59. The Kier molecular flexibility index (Phi) is 4.52. The van der Waals surface area contributed by atoms with Gasteiger partial charge in [-0.3, -0.25) is 0 Å². The van der Waals surface area contributed by atoms with Crippen molar-refractivity contribution in [2.24, 2.45) is 0 Å². The zero-order valence-corrected chi connectivity index (χ0v) is 11.1. The summed E-state index contributed by atoms with van der Waals surface area (Å²) in [5, 5.41) is 1.22. The summed E-state index contributed by atoms with van der Waals surface area (Å²) in [5.74, 6) is 0. The van der Waals surface area contributed by atoms with E-state index in [4.69, 9.17) is 0 Å². The minimum Gasteiger partial charge on any atom is -0.325 e. The molecule has 0 saturated carbocycles. The lowest BCUT2D eigenvalue weighted by atomic mass is 10.1. The topological polar surface area (TPSA) is 4.93 Å². The Labute approximate surface area is 99.7 Å². The first-order valence-electron chi connectivity index (χ1n) is 5.43. The average molecular weight is 231 g/mol. The molecule has 0 amide bonds. The first-order valence-corrected chi connectivity index (χ1v) is 5.94. The summed E-state index contributed by atoms with van der Waals surface area (Å²) < 4.78 is 2.05. The molecule has 0 bridgehead atoms. The van der Waals surface area contributed by atoms with E-state index in [0.29, 0.717) is 0 Å². The van der Waals surface area contributed by atoms with Crippen molar-refractivity contribution in [1.29, 1.82) is 0 Å². The summed E-state index contributed by atoms with van der Waals surface area (Å²) >= 11 is 0. The van der Waals surface area contributed by atoms with Crippen LogP contribution in [0.1, 0.15) is 25.1 Å². The van der Waals surface area contributed by atoms with Crippen molar-refractivity contribution in [3.05, 3.63) is 48.7 Å². The minimum absolute atomic E-state index is 1.09. The molecule has 0 aliphatic carbocycles. The number of benzene rings is 1. The molecule has 0 radical (unpaired) electrons. The Morgan fingerprint density at radius 1 is 1.12 bits per heavy atom. The molecular formula is C14H18NP. The Bertz CT molecular complexity index is 509. The van der Waals surface area contributed by atoms with E-state index in [2.05, 4.69) is 39.0 Å². The van der Waals surface area contributed by atoms with Crippen LogP contribution in [0.15, 0.2) is 37.4 Å². The predicted molar refractivity (Wildman–Crippen MR) is 78.6 cm³/mol. The van der Waals surface area contributed by atoms with Gasteiger partial charge in [0.25, 0.3) is 0 Å². The van der Waals surface area contributed by atoms with Crippen LogP contribution in [0.25, 0.3) is 23.1 Å². The normalized spacial score (nSPS) is 9.44. The fourth-order valence-corrected chi connectivity index (χ4v) is 2.20. The highest BCUT2D eigenvalue weighted by atomic mass is 31.0. The van der Waals surface area contributed by atoms with E-state index < -0.39 is 0 Å². The van der Waals surface area contributed by atoms with Crippen LogP contribution in [0.3, 0.4) is 0 Å². The Hall–Kier alpha value is -1.33. The summed E-state index contributed by atoms with van der Waals surface area (Å²) in [4.78, 5) is 0. The van der Waals surface area contributed by atoms with Crippen molar-refractivity contribution in [3.8, 4) is 0 Å². The van der Waals surface area contributed by atoms with Crippen molar-refractivity contribution in [2.75, 3.05) is 0 Å². The highest BCUT2D eigenvalue weighted by Crippen LogP contribution is 2.29. The van der Waals surface area contributed by atoms with E-state index in [0.717, 1.165) is 11.3 Å². The maximum Gasteiger partial charge on any atom is 0.0521 e. The lowest BCUT2D eigenvalue weighted by Crippen LogP contribution is -1.81. The molecular weight excluding hydrogens is 213 g/mol. The van der Waals surface area contributed by atoms with Crippen molar-refractivity contribution in [1.82, 2.24) is 4.34 Å². The van der Waals surface area contributed by atoms with Crippen LogP contribution in [0, 0.1) is 0 Å². The van der Waals surface area contributed by atoms with Gasteiger partial charge in [-0.15, -0.1) is 0 Å². The third kappa shape index (κ3) is 1.96. The number of hydrogen-bond donors (Lipinski definition) is 0. The number of para-hydroxylation sites is 1. The van der Waals surface area contributed by atoms with E-state index in [9.17, 15) is 0 Å². The Morgan fingerprint density at radius 3 is 2.31 bits per heavy atom. The number of aromatic nitrogens is 1. The van der Waals surface area contributed by atoms with Crippen LogP contribution in [-0.2, 0) is 0 Å². The van der Waals surface area contributed by atoms with E-state index in [1.54, 1.807) is 0 Å². The maximum atomic E-state index is 3.83. The van der Waals surface area contributed by atoms with E-state index in [-0.39, 0.29) is 0 Å². The van der Waals surface area contributed by atoms with Gasteiger partial charge in [-0.2, -0.15) is 0 Å². The molecule has 0 aliphatic heterocycles. The van der Waals surface area contributed by atoms with Gasteiger partial charge in [0.1, 0.15) is 0 Å². The molecule has 84 valence electrons. The van der Waals surface area contributed by atoms with E-state index in [1.165, 1.54) is 10.9 Å². The first kappa shape index (κ1) is 12.7. The molecule has 2 rings (SSSR count). The smallest absolute Gasteiger partial charge is 0.0521 e. The van der Waals surface area contributed by atoms with Gasteiger partial charge in [-0.1, -0.05) is 51.3 Å². The van der Waals surface area contributed by atoms with Crippen molar-refractivity contribution in [2.45, 2.75) is 13.8 Å². The SMILES string of the molecule is C=Cc1c(C=C)n(P)c2ccccc12.CC. The van der Waals surface area contributed by atoms with Gasteiger partial charge in [-0.05, 0) is 21.5 Å². The molecule has 2 aromatic rings. The molecule has 0 aliphatic rings. The second-order valence-electron chi connectivity index (χ2n) is 3.09. The standard InChI is InChI=1S/C12H12NP.C2H6/c1-3-9-10-7-5-6-8-12(10)13(14)11(9)4-2;1-2/h3-8H,1-2,14H2;1-2H3. The van der Waals surface area contributed by atoms with Crippen LogP contribution >= 0.6 is 9.39 Å². The minimum atomic E-state index is 1.09. The highest BCUT2D eigenvalue weighted by molar-refractivity contribution is 7.15. The van der Waals surface area contributed by atoms with Crippen LogP contribution in [-0.4, -0.2) is 4.34 Å². The van der Waals surface area contributed by atoms with Crippen molar-refractivity contribution >= 4 is 32.4 Å². The van der Waals surface area contributed by atoms with Gasteiger partial charge < -0.3 is 4.34 Å². The van der Waals surface area contributed by atoms with Crippen LogP contribution in [0.5, 0.6) is 0 Å².